The molecule has 172 valence electrons. The molecule has 0 radical (unpaired) electrons. The van der Waals surface area contributed by atoms with Crippen LogP contribution >= 0.6 is 0 Å². The highest BCUT2D eigenvalue weighted by atomic mass is 32.2. The maximum atomic E-state index is 13.3. The molecule has 3 rings (SSSR count). The van der Waals surface area contributed by atoms with Gasteiger partial charge in [0.25, 0.3) is 5.91 Å². The molecule has 1 N–H and O–H groups in total. The second-order valence-corrected chi connectivity index (χ2v) is 10.1. The smallest absolute Gasteiger partial charge is 0.251 e. The molecule has 0 saturated carbocycles. The van der Waals surface area contributed by atoms with E-state index >= 15 is 0 Å². The third kappa shape index (κ3) is 5.95. The zero-order valence-electron chi connectivity index (χ0n) is 18.6. The Hall–Kier alpha value is -2.71. The molecule has 0 aromatic heterocycles. The Morgan fingerprint density at radius 1 is 0.938 bits per heavy atom. The van der Waals surface area contributed by atoms with E-state index in [1.165, 1.54) is 4.31 Å². The maximum Gasteiger partial charge on any atom is 0.251 e. The molecule has 0 spiro atoms. The number of amides is 2. The molecule has 2 amide bonds. The highest BCUT2D eigenvalue weighted by Crippen LogP contribution is 2.17. The average Bonchev–Trinajstić information content (AvgIpc) is 2.82. The number of carbonyl (C=O) groups excluding carboxylic acids is 2. The Morgan fingerprint density at radius 2 is 1.50 bits per heavy atom. The lowest BCUT2D eigenvalue weighted by Gasteiger charge is -2.37. The summed E-state index contributed by atoms with van der Waals surface area (Å²) in [7, 11) is -3.46. The number of hydrogen-bond acceptors (Lipinski definition) is 4. The van der Waals surface area contributed by atoms with E-state index in [9.17, 15) is 18.0 Å². The molecule has 7 nitrogen and oxygen atoms in total. The Bertz CT molecular complexity index is 1000. The van der Waals surface area contributed by atoms with Gasteiger partial charge in [0.1, 0.15) is 6.04 Å². The first-order valence-corrected chi connectivity index (χ1v) is 12.6. The number of piperazine rings is 1. The molecule has 0 aliphatic carbocycles. The standard InChI is InChI=1S/C24H31N3O4S/c1-3-19(2)22(25-23(28)21-12-8-5-9-13-21)24(29)26-14-16-27(17-15-26)32(30,31)18-20-10-6-4-7-11-20/h4-13,19,22H,3,14-18H2,1-2H3,(H,25,28)/t19-,22-/m0/s1. The predicted octanol–water partition coefficient (Wildman–Crippen LogP) is 2.51. The molecule has 8 heteroatoms. The minimum Gasteiger partial charge on any atom is -0.340 e. The van der Waals surface area contributed by atoms with Gasteiger partial charge in [0, 0.05) is 31.7 Å². The first-order valence-electron chi connectivity index (χ1n) is 11.0. The number of nitrogens with one attached hydrogen (secondary N) is 1. The van der Waals surface area contributed by atoms with Crippen LogP contribution in [0, 0.1) is 5.92 Å². The summed E-state index contributed by atoms with van der Waals surface area (Å²) in [4.78, 5) is 27.6. The van der Waals surface area contributed by atoms with Crippen molar-refractivity contribution in [3.8, 4) is 0 Å². The van der Waals surface area contributed by atoms with E-state index in [0.717, 1.165) is 12.0 Å². The van der Waals surface area contributed by atoms with Crippen LogP contribution < -0.4 is 5.32 Å². The lowest BCUT2D eigenvalue weighted by molar-refractivity contribution is -0.135. The van der Waals surface area contributed by atoms with Crippen LogP contribution in [0.4, 0.5) is 0 Å². The maximum absolute atomic E-state index is 13.3. The molecular formula is C24H31N3O4S. The minimum atomic E-state index is -3.46. The van der Waals surface area contributed by atoms with Gasteiger partial charge in [-0.1, -0.05) is 68.8 Å². The molecular weight excluding hydrogens is 426 g/mol. The summed E-state index contributed by atoms with van der Waals surface area (Å²) in [6.07, 6.45) is 0.733. The number of sulfonamides is 1. The van der Waals surface area contributed by atoms with Gasteiger partial charge in [0.15, 0.2) is 0 Å². The van der Waals surface area contributed by atoms with Crippen LogP contribution in [0.25, 0.3) is 0 Å². The topological polar surface area (TPSA) is 86.8 Å². The van der Waals surface area contributed by atoms with Crippen molar-refractivity contribution in [2.75, 3.05) is 26.2 Å². The summed E-state index contributed by atoms with van der Waals surface area (Å²) in [5.74, 6) is -0.545. The lowest BCUT2D eigenvalue weighted by Crippen LogP contribution is -2.57. The largest absolute Gasteiger partial charge is 0.340 e. The van der Waals surface area contributed by atoms with Gasteiger partial charge in [-0.25, -0.2) is 8.42 Å². The molecule has 2 aromatic rings. The fourth-order valence-corrected chi connectivity index (χ4v) is 5.27. The highest BCUT2D eigenvalue weighted by molar-refractivity contribution is 7.88. The number of hydrogen-bond donors (Lipinski definition) is 1. The van der Waals surface area contributed by atoms with Crippen molar-refractivity contribution in [1.82, 2.24) is 14.5 Å². The van der Waals surface area contributed by atoms with Crippen molar-refractivity contribution in [2.24, 2.45) is 5.92 Å². The fourth-order valence-electron chi connectivity index (χ4n) is 3.76. The molecule has 1 heterocycles. The van der Waals surface area contributed by atoms with Crippen LogP contribution in [0.2, 0.25) is 0 Å². The van der Waals surface area contributed by atoms with Crippen LogP contribution in [0.5, 0.6) is 0 Å². The molecule has 1 saturated heterocycles. The molecule has 2 atom stereocenters. The second-order valence-electron chi connectivity index (χ2n) is 8.17. The van der Waals surface area contributed by atoms with Crippen molar-refractivity contribution in [1.29, 1.82) is 0 Å². The van der Waals surface area contributed by atoms with Crippen LogP contribution in [0.15, 0.2) is 60.7 Å². The van der Waals surface area contributed by atoms with Crippen LogP contribution in [0.1, 0.15) is 36.2 Å². The van der Waals surface area contributed by atoms with Gasteiger partial charge in [0.2, 0.25) is 15.9 Å². The van der Waals surface area contributed by atoms with Crippen molar-refractivity contribution >= 4 is 21.8 Å². The van der Waals surface area contributed by atoms with Crippen molar-refractivity contribution in [3.63, 3.8) is 0 Å². The van der Waals surface area contributed by atoms with E-state index in [2.05, 4.69) is 5.32 Å². The van der Waals surface area contributed by atoms with Gasteiger partial charge in [-0.3, -0.25) is 9.59 Å². The van der Waals surface area contributed by atoms with E-state index in [1.54, 1.807) is 41.3 Å². The number of benzene rings is 2. The minimum absolute atomic E-state index is 0.0463. The summed E-state index contributed by atoms with van der Waals surface area (Å²) in [5, 5.41) is 2.89. The summed E-state index contributed by atoms with van der Waals surface area (Å²) < 4.78 is 27.0. The Kier molecular flexibility index (Phi) is 8.04. The summed E-state index contributed by atoms with van der Waals surface area (Å²) in [5.41, 5.74) is 1.25. The molecule has 1 aliphatic rings. The Labute approximate surface area is 190 Å². The van der Waals surface area contributed by atoms with E-state index in [1.807, 2.05) is 38.1 Å². The van der Waals surface area contributed by atoms with Gasteiger partial charge in [0.05, 0.1) is 5.75 Å². The van der Waals surface area contributed by atoms with Gasteiger partial charge < -0.3 is 10.2 Å². The monoisotopic (exact) mass is 457 g/mol. The van der Waals surface area contributed by atoms with Crippen molar-refractivity contribution in [3.05, 3.63) is 71.8 Å². The van der Waals surface area contributed by atoms with E-state index in [0.29, 0.717) is 18.7 Å². The van der Waals surface area contributed by atoms with Crippen molar-refractivity contribution < 1.29 is 18.0 Å². The molecule has 1 fully saturated rings. The lowest BCUT2D eigenvalue weighted by atomic mass is 9.97. The van der Waals surface area contributed by atoms with Gasteiger partial charge >= 0.3 is 0 Å². The third-order valence-corrected chi connectivity index (χ3v) is 7.79. The zero-order chi connectivity index (χ0) is 23.1. The Balaban J connectivity index is 1.63. The molecule has 0 bridgehead atoms. The van der Waals surface area contributed by atoms with Crippen molar-refractivity contribution in [2.45, 2.75) is 32.1 Å². The second kappa shape index (κ2) is 10.7. The summed E-state index contributed by atoms with van der Waals surface area (Å²) >= 11 is 0. The SMILES string of the molecule is CC[C@H](C)[C@H](NC(=O)c1ccccc1)C(=O)N1CCN(S(=O)(=O)Cc2ccccc2)CC1. The molecule has 32 heavy (non-hydrogen) atoms. The normalized spacial score (nSPS) is 16.9. The predicted molar refractivity (Wildman–Crippen MR) is 124 cm³/mol. The average molecular weight is 458 g/mol. The van der Waals surface area contributed by atoms with E-state index < -0.39 is 16.1 Å². The summed E-state index contributed by atoms with van der Waals surface area (Å²) in [6.45, 7) is 5.03. The van der Waals surface area contributed by atoms with Gasteiger partial charge in [-0.05, 0) is 23.6 Å². The molecule has 2 aromatic carbocycles. The highest BCUT2D eigenvalue weighted by Gasteiger charge is 2.34. The zero-order valence-corrected chi connectivity index (χ0v) is 19.4. The van der Waals surface area contributed by atoms with Gasteiger partial charge in [-0.15, -0.1) is 0 Å². The third-order valence-electron chi connectivity index (χ3n) is 5.94. The first kappa shape index (κ1) is 23.9. The van der Waals surface area contributed by atoms with Crippen LogP contribution in [-0.2, 0) is 20.6 Å². The number of carbonyl (C=O) groups is 2. The van der Waals surface area contributed by atoms with Crippen LogP contribution in [-0.4, -0.2) is 61.7 Å². The van der Waals surface area contributed by atoms with Gasteiger partial charge in [-0.2, -0.15) is 4.31 Å². The first-order chi connectivity index (χ1) is 15.3. The van der Waals surface area contributed by atoms with E-state index in [4.69, 9.17) is 0 Å². The molecule has 1 aliphatic heterocycles. The number of rotatable bonds is 8. The Morgan fingerprint density at radius 3 is 2.06 bits per heavy atom. The summed E-state index contributed by atoms with van der Waals surface area (Å²) in [6, 6.07) is 17.2. The number of nitrogens with zero attached hydrogens (tertiary/aromatic N) is 2. The fraction of sp³-hybridized carbons (Fsp3) is 0.417. The molecule has 0 unspecified atom stereocenters. The van der Waals surface area contributed by atoms with Crippen LogP contribution in [0.3, 0.4) is 0 Å². The van der Waals surface area contributed by atoms with E-state index in [-0.39, 0.29) is 36.6 Å². The quantitative estimate of drug-likeness (QED) is 0.660.